The lowest BCUT2D eigenvalue weighted by Crippen LogP contribution is -2.35. The van der Waals surface area contributed by atoms with Gasteiger partial charge in [0.25, 0.3) is 15.6 Å². The Kier molecular flexibility index (Phi) is 4.31. The van der Waals surface area contributed by atoms with E-state index in [1.54, 1.807) is 0 Å². The molecule has 0 saturated heterocycles. The van der Waals surface area contributed by atoms with Crippen molar-refractivity contribution >= 4 is 32.1 Å². The molecule has 0 bridgehead atoms. The van der Waals surface area contributed by atoms with E-state index in [0.29, 0.717) is 19.4 Å². The van der Waals surface area contributed by atoms with Crippen molar-refractivity contribution in [2.45, 2.75) is 52.0 Å². The van der Waals surface area contributed by atoms with E-state index in [9.17, 15) is 8.42 Å². The van der Waals surface area contributed by atoms with Crippen molar-refractivity contribution in [2.75, 3.05) is 5.75 Å². The zero-order chi connectivity index (χ0) is 18.5. The van der Waals surface area contributed by atoms with Crippen LogP contribution in [0.25, 0.3) is 22.0 Å². The Balaban J connectivity index is 1.72. The fraction of sp³-hybridized carbons (Fsp3) is 0.526. The number of rotatable bonds is 5. The molecule has 1 N–H and O–H groups in total. The van der Waals surface area contributed by atoms with Gasteiger partial charge in [-0.15, -0.1) is 0 Å². The number of hydrogen-bond donors (Lipinski definition) is 1. The van der Waals surface area contributed by atoms with Gasteiger partial charge in [-0.05, 0) is 37.7 Å². The van der Waals surface area contributed by atoms with Crippen LogP contribution in [0.2, 0.25) is 0 Å². The van der Waals surface area contributed by atoms with Crippen molar-refractivity contribution in [3.63, 3.8) is 0 Å². The second-order valence-corrected chi connectivity index (χ2v) is 8.87. The molecule has 6 nitrogen and oxygen atoms in total. The number of oxazole rings is 1. The van der Waals surface area contributed by atoms with Crippen LogP contribution in [0.5, 0.6) is 0 Å². The van der Waals surface area contributed by atoms with E-state index in [1.807, 2.05) is 6.92 Å². The molecule has 2 heterocycles. The predicted molar refractivity (Wildman–Crippen MR) is 99.9 cm³/mol. The minimum Gasteiger partial charge on any atom is -0.401 e. The summed E-state index contributed by atoms with van der Waals surface area (Å²) in [6, 6.07) is 4.36. The van der Waals surface area contributed by atoms with Crippen LogP contribution in [0.4, 0.5) is 0 Å². The van der Waals surface area contributed by atoms with Crippen molar-refractivity contribution in [3.05, 3.63) is 29.3 Å². The Labute approximate surface area is 153 Å². The molecule has 1 aliphatic carbocycles. The molecule has 1 aromatic carbocycles. The second kappa shape index (κ2) is 6.39. The largest absolute Gasteiger partial charge is 0.401 e. The topological polar surface area (TPSA) is 76.3 Å². The van der Waals surface area contributed by atoms with Crippen molar-refractivity contribution in [1.29, 1.82) is 0 Å². The lowest BCUT2D eigenvalue weighted by Gasteiger charge is -2.12. The summed E-state index contributed by atoms with van der Waals surface area (Å²) in [7, 11) is -1.75. The predicted octanol–water partition coefficient (Wildman–Crippen LogP) is 3.07. The average Bonchev–Trinajstić information content (AvgIpc) is 3.04. The quantitative estimate of drug-likeness (QED) is 0.421. The molecule has 0 fully saturated rings. The van der Waals surface area contributed by atoms with Crippen LogP contribution >= 0.6 is 0 Å². The van der Waals surface area contributed by atoms with E-state index in [-0.39, 0.29) is 5.75 Å². The van der Waals surface area contributed by atoms with E-state index in [2.05, 4.69) is 28.3 Å². The summed E-state index contributed by atoms with van der Waals surface area (Å²) < 4.78 is 41.0. The lowest BCUT2D eigenvalue weighted by molar-refractivity contribution is -0.683. The highest BCUT2D eigenvalue weighted by Crippen LogP contribution is 2.33. The SMILES string of the molecule is Cc1oc2cc3c(cc2[n+]1CCCCS(=O)(=O)O)c1c(n3C)CCCC1. The van der Waals surface area contributed by atoms with Crippen LogP contribution in [-0.2, 0) is 36.6 Å². The lowest BCUT2D eigenvalue weighted by atomic mass is 9.95. The molecule has 0 saturated carbocycles. The third kappa shape index (κ3) is 3.03. The highest BCUT2D eigenvalue weighted by Gasteiger charge is 2.24. The molecule has 0 spiro atoms. The standard InChI is InChI=1S/C19H24N2O4S/c1-13-21(9-5-6-10-26(22,23)24)18-11-15-14-7-3-4-8-16(14)20(2)17(15)12-19(18)25-13/h11-12H,3-10H2,1-2H3/p+1. The van der Waals surface area contributed by atoms with Gasteiger partial charge in [-0.2, -0.15) is 13.0 Å². The second-order valence-electron chi connectivity index (χ2n) is 7.29. The number of aromatic nitrogens is 2. The Hall–Kier alpha value is -1.86. The molecule has 0 amide bonds. The van der Waals surface area contributed by atoms with Gasteiger partial charge in [0.05, 0.1) is 18.2 Å². The zero-order valence-corrected chi connectivity index (χ0v) is 16.1. The van der Waals surface area contributed by atoms with Gasteiger partial charge in [0.1, 0.15) is 0 Å². The van der Waals surface area contributed by atoms with Gasteiger partial charge >= 0.3 is 5.89 Å². The normalized spacial score (nSPS) is 15.0. The number of nitrogens with zero attached hydrogens (tertiary/aromatic N) is 2. The summed E-state index contributed by atoms with van der Waals surface area (Å²) in [6.07, 6.45) is 5.86. The first kappa shape index (κ1) is 17.5. The molecule has 3 aromatic rings. The third-order valence-electron chi connectivity index (χ3n) is 5.57. The monoisotopic (exact) mass is 377 g/mol. The Morgan fingerprint density at radius 3 is 2.77 bits per heavy atom. The molecule has 140 valence electrons. The molecule has 0 unspecified atom stereocenters. The minimum absolute atomic E-state index is 0.196. The van der Waals surface area contributed by atoms with Crippen LogP contribution < -0.4 is 4.57 Å². The van der Waals surface area contributed by atoms with Crippen LogP contribution in [0.3, 0.4) is 0 Å². The molecule has 0 atom stereocenters. The highest BCUT2D eigenvalue weighted by molar-refractivity contribution is 7.85. The van der Waals surface area contributed by atoms with E-state index >= 15 is 0 Å². The Bertz CT molecular complexity index is 1090. The minimum atomic E-state index is -3.89. The van der Waals surface area contributed by atoms with Gasteiger partial charge in [-0.25, -0.2) is 0 Å². The van der Waals surface area contributed by atoms with Crippen molar-refractivity contribution in [3.8, 4) is 0 Å². The van der Waals surface area contributed by atoms with E-state index < -0.39 is 10.1 Å². The number of fused-ring (bicyclic) bond motifs is 4. The van der Waals surface area contributed by atoms with E-state index in [4.69, 9.17) is 8.97 Å². The van der Waals surface area contributed by atoms with Gasteiger partial charge in [0.15, 0.2) is 6.54 Å². The fourth-order valence-corrected chi connectivity index (χ4v) is 4.85. The molecule has 0 aliphatic heterocycles. The van der Waals surface area contributed by atoms with Crippen LogP contribution in [0, 0.1) is 6.92 Å². The van der Waals surface area contributed by atoms with Gasteiger partial charge in [-0.1, -0.05) is 0 Å². The van der Waals surface area contributed by atoms with Crippen LogP contribution in [-0.4, -0.2) is 23.3 Å². The number of hydrogen-bond acceptors (Lipinski definition) is 3. The van der Waals surface area contributed by atoms with E-state index in [0.717, 1.165) is 29.8 Å². The molecule has 0 radical (unpaired) electrons. The number of aryl methyl sites for hydroxylation is 4. The first-order valence-electron chi connectivity index (χ1n) is 9.23. The molecule has 7 heteroatoms. The highest BCUT2D eigenvalue weighted by atomic mass is 32.2. The van der Waals surface area contributed by atoms with E-state index in [1.165, 1.54) is 35.0 Å². The molecule has 2 aromatic heterocycles. The maximum Gasteiger partial charge on any atom is 0.344 e. The summed E-state index contributed by atoms with van der Waals surface area (Å²) in [5.41, 5.74) is 6.04. The first-order valence-corrected chi connectivity index (χ1v) is 10.8. The average molecular weight is 377 g/mol. The smallest absolute Gasteiger partial charge is 0.344 e. The summed E-state index contributed by atoms with van der Waals surface area (Å²) in [5, 5.41) is 1.31. The summed E-state index contributed by atoms with van der Waals surface area (Å²) in [4.78, 5) is 0. The van der Waals surface area contributed by atoms with Crippen molar-refractivity contribution in [1.82, 2.24) is 4.57 Å². The number of benzene rings is 1. The summed E-state index contributed by atoms with van der Waals surface area (Å²) >= 11 is 0. The van der Waals surface area contributed by atoms with Crippen LogP contribution in [0.1, 0.15) is 42.8 Å². The fourth-order valence-electron chi connectivity index (χ4n) is 4.28. The molecule has 4 rings (SSSR count). The Morgan fingerprint density at radius 1 is 1.23 bits per heavy atom. The molecular formula is C19H25N2O4S+. The summed E-state index contributed by atoms with van der Waals surface area (Å²) in [6.45, 7) is 2.61. The maximum atomic E-state index is 10.9. The maximum absolute atomic E-state index is 10.9. The van der Waals surface area contributed by atoms with Gasteiger partial charge in [0, 0.05) is 36.7 Å². The van der Waals surface area contributed by atoms with Crippen molar-refractivity contribution in [2.24, 2.45) is 7.05 Å². The molecular weight excluding hydrogens is 352 g/mol. The zero-order valence-electron chi connectivity index (χ0n) is 15.3. The van der Waals surface area contributed by atoms with Gasteiger partial charge < -0.3 is 8.98 Å². The Morgan fingerprint density at radius 2 is 2.00 bits per heavy atom. The summed E-state index contributed by atoms with van der Waals surface area (Å²) in [5.74, 6) is 0.620. The molecule has 26 heavy (non-hydrogen) atoms. The molecule has 1 aliphatic rings. The first-order chi connectivity index (χ1) is 12.3. The van der Waals surface area contributed by atoms with Gasteiger partial charge in [0.2, 0.25) is 5.58 Å². The number of unbranched alkanes of at least 4 members (excludes halogenated alkanes) is 1. The third-order valence-corrected chi connectivity index (χ3v) is 6.37. The van der Waals surface area contributed by atoms with Gasteiger partial charge in [-0.3, -0.25) is 4.55 Å². The van der Waals surface area contributed by atoms with Crippen molar-refractivity contribution < 1.29 is 22.0 Å². The van der Waals surface area contributed by atoms with Crippen LogP contribution in [0.15, 0.2) is 16.5 Å².